The number of halogens is 6. The van der Waals surface area contributed by atoms with Crippen LogP contribution in [0.15, 0.2) is 0 Å². The molecular weight excluding hydrogens is 290 g/mol. The molecule has 0 aromatic heterocycles. The average Bonchev–Trinajstić information content (AvgIpc) is 2.18. The van der Waals surface area contributed by atoms with Crippen LogP contribution in [0.2, 0.25) is 0 Å². The van der Waals surface area contributed by atoms with Gasteiger partial charge in [0, 0.05) is 0 Å². The first-order valence-corrected chi connectivity index (χ1v) is 5.95. The van der Waals surface area contributed by atoms with Crippen molar-refractivity contribution in [1.82, 2.24) is 0 Å². The molecule has 0 aliphatic rings. The van der Waals surface area contributed by atoms with Crippen LogP contribution in [-0.4, -0.2) is 24.9 Å². The molecule has 0 aromatic carbocycles. The maximum Gasteiger partial charge on any atom is 0.422 e. The molecule has 0 amide bonds. The number of ether oxygens (including phenoxy) is 1. The van der Waals surface area contributed by atoms with Crippen molar-refractivity contribution >= 4 is 5.97 Å². The van der Waals surface area contributed by atoms with E-state index in [4.69, 9.17) is 0 Å². The summed E-state index contributed by atoms with van der Waals surface area (Å²) in [4.78, 5) is 11.6. The lowest BCUT2D eigenvalue weighted by Crippen LogP contribution is -2.48. The van der Waals surface area contributed by atoms with E-state index < -0.39 is 48.6 Å². The summed E-state index contributed by atoms with van der Waals surface area (Å²) in [5.41, 5.74) is -3.82. The van der Waals surface area contributed by atoms with Gasteiger partial charge in [-0.2, -0.15) is 26.3 Å². The Morgan fingerprint density at radius 2 is 1.45 bits per heavy atom. The second-order valence-corrected chi connectivity index (χ2v) is 5.86. The lowest BCUT2D eigenvalue weighted by molar-refractivity contribution is -0.251. The minimum absolute atomic E-state index is 0.642. The molecule has 0 N–H and O–H groups in total. The zero-order valence-electron chi connectivity index (χ0n) is 11.7. The molecule has 0 aromatic rings. The van der Waals surface area contributed by atoms with Gasteiger partial charge in [0.25, 0.3) is 0 Å². The van der Waals surface area contributed by atoms with Crippen LogP contribution < -0.4 is 0 Å². The topological polar surface area (TPSA) is 26.3 Å². The maximum absolute atomic E-state index is 13.2. The standard InChI is InChI=1S/C12H18F6O2/c1-5-10(12(16,17)18,6-9(2,3)4)8(19)20-7-11(13,14)15/h5-7H2,1-4H3. The number of carbonyl (C=O) groups excluding carboxylic acids is 1. The smallest absolute Gasteiger partial charge is 0.422 e. The molecule has 0 bridgehead atoms. The molecule has 0 saturated carbocycles. The van der Waals surface area contributed by atoms with Gasteiger partial charge in [-0.1, -0.05) is 27.7 Å². The van der Waals surface area contributed by atoms with Gasteiger partial charge in [-0.05, 0) is 18.3 Å². The zero-order chi connectivity index (χ0) is 16.4. The Morgan fingerprint density at radius 1 is 1.00 bits per heavy atom. The van der Waals surface area contributed by atoms with Crippen molar-refractivity contribution < 1.29 is 35.9 Å². The van der Waals surface area contributed by atoms with Gasteiger partial charge >= 0.3 is 18.3 Å². The monoisotopic (exact) mass is 308 g/mol. The third-order valence-corrected chi connectivity index (χ3v) is 2.74. The fraction of sp³-hybridized carbons (Fsp3) is 0.917. The first-order valence-electron chi connectivity index (χ1n) is 5.95. The second-order valence-electron chi connectivity index (χ2n) is 5.86. The summed E-state index contributed by atoms with van der Waals surface area (Å²) in [6.45, 7) is 3.50. The van der Waals surface area contributed by atoms with E-state index in [2.05, 4.69) is 4.74 Å². The molecule has 0 aliphatic carbocycles. The predicted molar refractivity (Wildman–Crippen MR) is 59.9 cm³/mol. The highest BCUT2D eigenvalue weighted by molar-refractivity contribution is 5.78. The molecule has 20 heavy (non-hydrogen) atoms. The molecule has 0 fully saturated rings. The summed E-state index contributed by atoms with van der Waals surface area (Å²) in [5, 5.41) is 0. The van der Waals surface area contributed by atoms with Crippen molar-refractivity contribution in [2.24, 2.45) is 10.8 Å². The highest BCUT2D eigenvalue weighted by Gasteiger charge is 2.61. The molecule has 1 unspecified atom stereocenters. The third-order valence-electron chi connectivity index (χ3n) is 2.74. The van der Waals surface area contributed by atoms with Gasteiger partial charge < -0.3 is 4.74 Å². The summed E-state index contributed by atoms with van der Waals surface area (Å²) in [7, 11) is 0. The first-order chi connectivity index (χ1) is 8.65. The lowest BCUT2D eigenvalue weighted by Gasteiger charge is -2.37. The van der Waals surface area contributed by atoms with E-state index in [0.717, 1.165) is 6.92 Å². The van der Waals surface area contributed by atoms with Gasteiger partial charge in [0.15, 0.2) is 12.0 Å². The molecule has 0 radical (unpaired) electrons. The van der Waals surface area contributed by atoms with Crippen molar-refractivity contribution in [3.05, 3.63) is 0 Å². The average molecular weight is 308 g/mol. The molecule has 0 heterocycles. The van der Waals surface area contributed by atoms with Crippen LogP contribution in [0.5, 0.6) is 0 Å². The Bertz CT molecular complexity index is 339. The Kier molecular flexibility index (Phi) is 5.53. The van der Waals surface area contributed by atoms with E-state index in [1.54, 1.807) is 0 Å². The van der Waals surface area contributed by atoms with E-state index in [-0.39, 0.29) is 0 Å². The summed E-state index contributed by atoms with van der Waals surface area (Å²) in [6, 6.07) is 0. The van der Waals surface area contributed by atoms with Crippen LogP contribution in [0.3, 0.4) is 0 Å². The molecule has 0 spiro atoms. The van der Waals surface area contributed by atoms with Gasteiger partial charge in [-0.3, -0.25) is 4.79 Å². The van der Waals surface area contributed by atoms with Crippen molar-refractivity contribution in [3.8, 4) is 0 Å². The van der Waals surface area contributed by atoms with Crippen molar-refractivity contribution in [2.75, 3.05) is 6.61 Å². The van der Waals surface area contributed by atoms with E-state index in [1.165, 1.54) is 20.8 Å². The first kappa shape index (κ1) is 19.1. The van der Waals surface area contributed by atoms with Crippen LogP contribution >= 0.6 is 0 Å². The van der Waals surface area contributed by atoms with E-state index in [1.807, 2.05) is 0 Å². The highest BCUT2D eigenvalue weighted by Crippen LogP contribution is 2.49. The summed E-state index contributed by atoms with van der Waals surface area (Å²) < 4.78 is 79.4. The van der Waals surface area contributed by atoms with Gasteiger partial charge in [-0.25, -0.2) is 0 Å². The largest absolute Gasteiger partial charge is 0.455 e. The maximum atomic E-state index is 13.2. The molecule has 2 nitrogen and oxygen atoms in total. The number of rotatable bonds is 4. The Labute approximate surface area is 113 Å². The van der Waals surface area contributed by atoms with Crippen LogP contribution in [0.4, 0.5) is 26.3 Å². The quantitative estimate of drug-likeness (QED) is 0.565. The fourth-order valence-electron chi connectivity index (χ4n) is 1.95. The van der Waals surface area contributed by atoms with Crippen molar-refractivity contribution in [3.63, 3.8) is 0 Å². The van der Waals surface area contributed by atoms with Crippen molar-refractivity contribution in [1.29, 1.82) is 0 Å². The van der Waals surface area contributed by atoms with Gasteiger partial charge in [0.05, 0.1) is 0 Å². The van der Waals surface area contributed by atoms with Crippen molar-refractivity contribution in [2.45, 2.75) is 52.9 Å². The molecule has 8 heteroatoms. The zero-order valence-corrected chi connectivity index (χ0v) is 11.7. The van der Waals surface area contributed by atoms with Gasteiger partial charge in [0.2, 0.25) is 0 Å². The predicted octanol–water partition coefficient (Wildman–Crippen LogP) is 4.49. The molecule has 1 atom stereocenters. The van der Waals surface area contributed by atoms with Crippen LogP contribution in [0.25, 0.3) is 0 Å². The minimum Gasteiger partial charge on any atom is -0.455 e. The molecule has 0 rings (SSSR count). The minimum atomic E-state index is -4.97. The van der Waals surface area contributed by atoms with E-state index in [0.29, 0.717) is 0 Å². The van der Waals surface area contributed by atoms with E-state index >= 15 is 0 Å². The van der Waals surface area contributed by atoms with E-state index in [9.17, 15) is 31.1 Å². The normalized spacial score (nSPS) is 16.7. The fourth-order valence-corrected chi connectivity index (χ4v) is 1.95. The molecule has 0 saturated heterocycles. The van der Waals surface area contributed by atoms with Crippen LogP contribution in [0.1, 0.15) is 40.5 Å². The number of carbonyl (C=O) groups is 1. The SMILES string of the molecule is CCC(CC(C)(C)C)(C(=O)OCC(F)(F)F)C(F)(F)F. The van der Waals surface area contributed by atoms with Gasteiger partial charge in [0.1, 0.15) is 0 Å². The molecule has 0 aliphatic heterocycles. The van der Waals surface area contributed by atoms with Gasteiger partial charge in [-0.15, -0.1) is 0 Å². The highest BCUT2D eigenvalue weighted by atomic mass is 19.4. The number of hydrogen-bond acceptors (Lipinski definition) is 2. The summed E-state index contributed by atoms with van der Waals surface area (Å²) >= 11 is 0. The molecule has 120 valence electrons. The summed E-state index contributed by atoms with van der Waals surface area (Å²) in [5.74, 6) is -1.88. The number of esters is 1. The number of hydrogen-bond donors (Lipinski definition) is 0. The molecular formula is C12H18F6O2. The van der Waals surface area contributed by atoms with Crippen LogP contribution in [-0.2, 0) is 9.53 Å². The Morgan fingerprint density at radius 3 is 1.70 bits per heavy atom. The third kappa shape index (κ3) is 5.20. The van der Waals surface area contributed by atoms with Crippen LogP contribution in [0, 0.1) is 10.8 Å². The lowest BCUT2D eigenvalue weighted by atomic mass is 9.71. The number of alkyl halides is 6. The second kappa shape index (κ2) is 5.81. The Hall–Kier alpha value is -0.950. The summed E-state index contributed by atoms with van der Waals surface area (Å²) in [6.07, 6.45) is -11.2. The Balaban J connectivity index is 5.37.